The second-order valence-corrected chi connectivity index (χ2v) is 4.39. The van der Waals surface area contributed by atoms with E-state index in [1.165, 1.54) is 7.05 Å². The largest absolute Gasteiger partial charge is 0.302 e. The maximum atomic E-state index is 10.6. The zero-order valence-corrected chi connectivity index (χ0v) is 8.39. The van der Waals surface area contributed by atoms with Crippen LogP contribution < -0.4 is 5.32 Å². The van der Waals surface area contributed by atoms with Gasteiger partial charge in [-0.3, -0.25) is 4.55 Å². The van der Waals surface area contributed by atoms with Crippen LogP contribution in [-0.4, -0.2) is 25.4 Å². The lowest BCUT2D eigenvalue weighted by Gasteiger charge is -2.11. The molecule has 0 amide bonds. The average Bonchev–Trinajstić information content (AvgIpc) is 1.95. The molecule has 1 unspecified atom stereocenters. The highest BCUT2D eigenvalue weighted by Gasteiger charge is 2.19. The van der Waals surface area contributed by atoms with Crippen LogP contribution in [0.4, 0.5) is 0 Å². The quantitative estimate of drug-likeness (QED) is 0.490. The predicted molar refractivity (Wildman–Crippen MR) is 48.5 cm³/mol. The van der Waals surface area contributed by atoms with E-state index in [1.54, 1.807) is 0 Å². The van der Waals surface area contributed by atoms with Crippen molar-refractivity contribution >= 4 is 10.1 Å². The molecule has 0 saturated carbocycles. The third kappa shape index (κ3) is 4.69. The molecule has 0 aliphatic carbocycles. The third-order valence-corrected chi connectivity index (χ3v) is 2.94. The lowest BCUT2D eigenvalue weighted by atomic mass is 10.2. The number of hydrogen-bond donors (Lipinski definition) is 2. The Morgan fingerprint density at radius 3 is 2.33 bits per heavy atom. The minimum absolute atomic E-state index is 0.475. The van der Waals surface area contributed by atoms with E-state index in [1.807, 2.05) is 6.92 Å². The van der Waals surface area contributed by atoms with Crippen LogP contribution in [0, 0.1) is 0 Å². The molecule has 2 N–H and O–H groups in total. The lowest BCUT2D eigenvalue weighted by Crippen LogP contribution is -2.33. The number of rotatable bonds is 6. The van der Waals surface area contributed by atoms with Gasteiger partial charge >= 0.3 is 0 Å². The summed E-state index contributed by atoms with van der Waals surface area (Å²) in [4.78, 5) is 0. The summed E-state index contributed by atoms with van der Waals surface area (Å²) in [6.45, 7) is 2.04. The van der Waals surface area contributed by atoms with Gasteiger partial charge in [-0.2, -0.15) is 8.42 Å². The molecule has 74 valence electrons. The first kappa shape index (κ1) is 11.9. The second-order valence-electron chi connectivity index (χ2n) is 2.79. The lowest BCUT2D eigenvalue weighted by molar-refractivity contribution is 0.444. The fraction of sp³-hybridized carbons (Fsp3) is 1.00. The monoisotopic (exact) mass is 195 g/mol. The van der Waals surface area contributed by atoms with Crippen molar-refractivity contribution in [2.75, 3.05) is 7.05 Å². The van der Waals surface area contributed by atoms with Gasteiger partial charge in [0.05, 0.1) is 0 Å². The molecule has 0 rings (SSSR count). The van der Waals surface area contributed by atoms with Gasteiger partial charge in [0.1, 0.15) is 5.37 Å². The van der Waals surface area contributed by atoms with Crippen molar-refractivity contribution in [1.82, 2.24) is 5.32 Å². The van der Waals surface area contributed by atoms with Crippen LogP contribution >= 0.6 is 0 Å². The highest BCUT2D eigenvalue weighted by molar-refractivity contribution is 7.86. The van der Waals surface area contributed by atoms with Crippen molar-refractivity contribution in [3.8, 4) is 0 Å². The van der Waals surface area contributed by atoms with Crippen molar-refractivity contribution in [2.45, 2.75) is 38.0 Å². The maximum absolute atomic E-state index is 10.6. The van der Waals surface area contributed by atoms with E-state index in [4.69, 9.17) is 4.55 Å². The van der Waals surface area contributed by atoms with Gasteiger partial charge in [-0.15, -0.1) is 0 Å². The fourth-order valence-electron chi connectivity index (χ4n) is 1.02. The summed E-state index contributed by atoms with van der Waals surface area (Å²) in [7, 11) is -2.37. The van der Waals surface area contributed by atoms with Crippen LogP contribution in [0.25, 0.3) is 0 Å². The van der Waals surface area contributed by atoms with Crippen molar-refractivity contribution in [3.05, 3.63) is 0 Å². The van der Waals surface area contributed by atoms with Crippen LogP contribution in [0.5, 0.6) is 0 Å². The Hall–Kier alpha value is -0.130. The van der Waals surface area contributed by atoms with Crippen molar-refractivity contribution < 1.29 is 13.0 Å². The van der Waals surface area contributed by atoms with Crippen LogP contribution in [0.3, 0.4) is 0 Å². The van der Waals surface area contributed by atoms with E-state index in [9.17, 15) is 8.42 Å². The molecule has 5 heteroatoms. The molecule has 0 fully saturated rings. The Bertz CT molecular complexity index is 201. The molecule has 0 aromatic carbocycles. The summed E-state index contributed by atoms with van der Waals surface area (Å²) >= 11 is 0. The van der Waals surface area contributed by atoms with Gasteiger partial charge < -0.3 is 5.32 Å². The van der Waals surface area contributed by atoms with Crippen molar-refractivity contribution in [2.24, 2.45) is 0 Å². The number of nitrogens with one attached hydrogen (secondary N) is 1. The van der Waals surface area contributed by atoms with Crippen LogP contribution in [0.2, 0.25) is 0 Å². The molecule has 0 heterocycles. The Kier molecular flexibility index (Phi) is 5.44. The highest BCUT2D eigenvalue weighted by atomic mass is 32.2. The van der Waals surface area contributed by atoms with Gasteiger partial charge in [0.15, 0.2) is 0 Å². The summed E-state index contributed by atoms with van der Waals surface area (Å²) in [5, 5.41) is 1.76. The van der Waals surface area contributed by atoms with Gasteiger partial charge in [-0.25, -0.2) is 0 Å². The summed E-state index contributed by atoms with van der Waals surface area (Å²) in [5.41, 5.74) is 0. The third-order valence-electron chi connectivity index (χ3n) is 1.75. The van der Waals surface area contributed by atoms with E-state index < -0.39 is 15.5 Å². The molecule has 4 nitrogen and oxygen atoms in total. The molecule has 0 radical (unpaired) electrons. The molecule has 0 aliphatic rings. The zero-order valence-electron chi connectivity index (χ0n) is 7.58. The predicted octanol–water partition coefficient (Wildman–Crippen LogP) is 1.00. The van der Waals surface area contributed by atoms with Gasteiger partial charge in [0.2, 0.25) is 0 Å². The minimum Gasteiger partial charge on any atom is -0.302 e. The van der Waals surface area contributed by atoms with E-state index in [-0.39, 0.29) is 0 Å². The smallest absolute Gasteiger partial charge is 0.281 e. The molecule has 0 aromatic heterocycles. The summed E-state index contributed by atoms with van der Waals surface area (Å²) < 4.78 is 30.0. The molecule has 0 spiro atoms. The number of hydrogen-bond acceptors (Lipinski definition) is 3. The summed E-state index contributed by atoms with van der Waals surface area (Å²) in [5.74, 6) is 0. The maximum Gasteiger partial charge on any atom is 0.281 e. The van der Waals surface area contributed by atoms with E-state index in [0.29, 0.717) is 6.42 Å². The Morgan fingerprint density at radius 2 is 2.00 bits per heavy atom. The average molecular weight is 195 g/mol. The molecular weight excluding hydrogens is 178 g/mol. The van der Waals surface area contributed by atoms with Crippen LogP contribution in [0.1, 0.15) is 32.6 Å². The SMILES string of the molecule is CCCCCC(NC)S(=O)(=O)O. The molecule has 1 atom stereocenters. The Morgan fingerprint density at radius 1 is 1.42 bits per heavy atom. The van der Waals surface area contributed by atoms with Crippen molar-refractivity contribution in [3.63, 3.8) is 0 Å². The normalized spacial score (nSPS) is 14.6. The van der Waals surface area contributed by atoms with E-state index in [2.05, 4.69) is 5.32 Å². The molecule has 0 aromatic rings. The molecule has 0 aliphatic heterocycles. The van der Waals surface area contributed by atoms with Gasteiger partial charge in [-0.05, 0) is 13.5 Å². The highest BCUT2D eigenvalue weighted by Crippen LogP contribution is 2.06. The molecule has 0 saturated heterocycles. The standard InChI is InChI=1S/C7H17NO3S/c1-3-4-5-6-7(8-2)12(9,10)11/h7-8H,3-6H2,1-2H3,(H,9,10,11). The first-order valence-electron chi connectivity index (χ1n) is 4.16. The zero-order chi connectivity index (χ0) is 9.61. The summed E-state index contributed by atoms with van der Waals surface area (Å²) in [6, 6.07) is 0. The summed E-state index contributed by atoms with van der Waals surface area (Å²) in [6.07, 6.45) is 3.33. The Balaban J connectivity index is 3.85. The minimum atomic E-state index is -3.91. The first-order chi connectivity index (χ1) is 5.52. The Labute approximate surface area is 74.1 Å². The van der Waals surface area contributed by atoms with Crippen molar-refractivity contribution in [1.29, 1.82) is 0 Å². The first-order valence-corrected chi connectivity index (χ1v) is 5.66. The van der Waals surface area contributed by atoms with E-state index >= 15 is 0 Å². The second kappa shape index (κ2) is 5.50. The number of unbranched alkanes of at least 4 members (excludes halogenated alkanes) is 2. The van der Waals surface area contributed by atoms with Gasteiger partial charge in [0, 0.05) is 0 Å². The van der Waals surface area contributed by atoms with Crippen LogP contribution in [-0.2, 0) is 10.1 Å². The van der Waals surface area contributed by atoms with E-state index in [0.717, 1.165) is 19.3 Å². The molecular formula is C7H17NO3S. The molecule has 0 bridgehead atoms. The fourth-order valence-corrected chi connectivity index (χ4v) is 1.78. The van der Waals surface area contributed by atoms with Gasteiger partial charge in [0.25, 0.3) is 10.1 Å². The topological polar surface area (TPSA) is 66.4 Å². The van der Waals surface area contributed by atoms with Gasteiger partial charge in [-0.1, -0.05) is 26.2 Å². The molecule has 12 heavy (non-hydrogen) atoms. The van der Waals surface area contributed by atoms with Crippen LogP contribution in [0.15, 0.2) is 0 Å².